The maximum Gasteiger partial charge on any atom is 0.225 e. The molecule has 0 bridgehead atoms. The number of nitrogens with one attached hydrogen (secondary N) is 2. The van der Waals surface area contributed by atoms with Gasteiger partial charge in [-0.3, -0.25) is 4.79 Å². The van der Waals surface area contributed by atoms with Crippen molar-refractivity contribution < 1.29 is 4.79 Å². The minimum absolute atomic E-state index is 0. The summed E-state index contributed by atoms with van der Waals surface area (Å²) in [6, 6.07) is 4.18. The molecule has 0 aromatic carbocycles. The van der Waals surface area contributed by atoms with Crippen LogP contribution in [0.25, 0.3) is 0 Å². The lowest BCUT2D eigenvalue weighted by Gasteiger charge is -2.29. The Hall–Kier alpha value is -0.580. The number of rotatable bonds is 4. The third-order valence-corrected chi connectivity index (χ3v) is 4.28. The van der Waals surface area contributed by atoms with Crippen LogP contribution < -0.4 is 10.6 Å². The van der Waals surface area contributed by atoms with Gasteiger partial charge in [0.2, 0.25) is 5.91 Å². The molecule has 0 saturated carbocycles. The zero-order valence-electron chi connectivity index (χ0n) is 10.2. The average molecular weight is 275 g/mol. The summed E-state index contributed by atoms with van der Waals surface area (Å²) < 4.78 is 0. The molecule has 1 fully saturated rings. The van der Waals surface area contributed by atoms with Crippen molar-refractivity contribution in [1.82, 2.24) is 10.6 Å². The van der Waals surface area contributed by atoms with E-state index < -0.39 is 0 Å². The minimum atomic E-state index is 0. The van der Waals surface area contributed by atoms with Gasteiger partial charge in [-0.15, -0.1) is 23.7 Å². The molecule has 1 aromatic rings. The Balaban J connectivity index is 0.00000144. The van der Waals surface area contributed by atoms with Crippen molar-refractivity contribution in [2.45, 2.75) is 19.3 Å². The highest BCUT2D eigenvalue weighted by Gasteiger charge is 2.27. The van der Waals surface area contributed by atoms with Gasteiger partial charge in [0.15, 0.2) is 0 Å². The summed E-state index contributed by atoms with van der Waals surface area (Å²) >= 11 is 1.75. The van der Waals surface area contributed by atoms with E-state index in [2.05, 4.69) is 42.0 Å². The molecular weight excluding hydrogens is 256 g/mol. The molecule has 2 N–H and O–H groups in total. The van der Waals surface area contributed by atoms with E-state index in [1.165, 1.54) is 4.88 Å². The molecule has 0 spiro atoms. The monoisotopic (exact) mass is 274 g/mol. The van der Waals surface area contributed by atoms with Crippen LogP contribution in [-0.4, -0.2) is 25.5 Å². The molecule has 0 unspecified atom stereocenters. The fraction of sp³-hybridized carbons (Fsp3) is 0.583. The fourth-order valence-corrected chi connectivity index (χ4v) is 2.53. The number of carbonyl (C=O) groups is 1. The smallest absolute Gasteiger partial charge is 0.225 e. The van der Waals surface area contributed by atoms with Gasteiger partial charge in [0.1, 0.15) is 0 Å². The van der Waals surface area contributed by atoms with Crippen LogP contribution in [0.15, 0.2) is 17.5 Å². The Labute approximate surface area is 112 Å². The number of hydrogen-bond acceptors (Lipinski definition) is 3. The zero-order valence-corrected chi connectivity index (χ0v) is 11.8. The summed E-state index contributed by atoms with van der Waals surface area (Å²) in [6.07, 6.45) is 0. The van der Waals surface area contributed by atoms with Gasteiger partial charge in [-0.05, 0) is 11.4 Å². The van der Waals surface area contributed by atoms with Crippen LogP contribution in [0, 0.1) is 5.92 Å². The number of halogens is 1. The average Bonchev–Trinajstić information content (AvgIpc) is 2.65. The van der Waals surface area contributed by atoms with E-state index in [-0.39, 0.29) is 29.6 Å². The Morgan fingerprint density at radius 1 is 1.59 bits per heavy atom. The summed E-state index contributed by atoms with van der Waals surface area (Å²) in [6.45, 7) is 6.69. The van der Waals surface area contributed by atoms with Gasteiger partial charge in [0, 0.05) is 29.9 Å². The molecule has 0 radical (unpaired) electrons. The quantitative estimate of drug-likeness (QED) is 0.879. The lowest BCUT2D eigenvalue weighted by atomic mass is 9.91. The molecule has 1 aliphatic rings. The van der Waals surface area contributed by atoms with Crippen LogP contribution in [-0.2, 0) is 10.2 Å². The first-order valence-electron chi connectivity index (χ1n) is 5.62. The van der Waals surface area contributed by atoms with Crippen molar-refractivity contribution in [3.05, 3.63) is 22.4 Å². The summed E-state index contributed by atoms with van der Waals surface area (Å²) in [7, 11) is 0. The van der Waals surface area contributed by atoms with E-state index in [0.717, 1.165) is 13.1 Å². The minimum Gasteiger partial charge on any atom is -0.355 e. The van der Waals surface area contributed by atoms with Crippen LogP contribution >= 0.6 is 23.7 Å². The first-order valence-corrected chi connectivity index (χ1v) is 6.50. The van der Waals surface area contributed by atoms with E-state index in [9.17, 15) is 4.79 Å². The van der Waals surface area contributed by atoms with E-state index >= 15 is 0 Å². The molecule has 0 atom stereocenters. The van der Waals surface area contributed by atoms with E-state index in [0.29, 0.717) is 6.54 Å². The van der Waals surface area contributed by atoms with Gasteiger partial charge in [0.05, 0.1) is 5.92 Å². The zero-order chi connectivity index (χ0) is 11.6. The number of carbonyl (C=O) groups excluding carboxylic acids is 1. The van der Waals surface area contributed by atoms with E-state index in [1.54, 1.807) is 11.3 Å². The van der Waals surface area contributed by atoms with Crippen LogP contribution in [0.4, 0.5) is 0 Å². The van der Waals surface area contributed by atoms with E-state index in [1.807, 2.05) is 0 Å². The number of hydrogen-bond donors (Lipinski definition) is 2. The van der Waals surface area contributed by atoms with Crippen LogP contribution in [0.5, 0.6) is 0 Å². The largest absolute Gasteiger partial charge is 0.355 e. The Bertz CT molecular complexity index is 361. The summed E-state index contributed by atoms with van der Waals surface area (Å²) in [5, 5.41) is 8.23. The molecule has 1 amide bonds. The molecule has 17 heavy (non-hydrogen) atoms. The number of amides is 1. The van der Waals surface area contributed by atoms with Crippen LogP contribution in [0.1, 0.15) is 18.7 Å². The number of thiophene rings is 1. The lowest BCUT2D eigenvalue weighted by Crippen LogP contribution is -2.52. The molecule has 1 aromatic heterocycles. The van der Waals surface area contributed by atoms with Crippen molar-refractivity contribution >= 4 is 29.7 Å². The van der Waals surface area contributed by atoms with Crippen LogP contribution in [0.3, 0.4) is 0 Å². The van der Waals surface area contributed by atoms with Gasteiger partial charge in [0.25, 0.3) is 0 Å². The second kappa shape index (κ2) is 5.85. The Kier molecular flexibility index (Phi) is 4.98. The molecule has 2 rings (SSSR count). The highest BCUT2D eigenvalue weighted by molar-refractivity contribution is 7.10. The topological polar surface area (TPSA) is 41.1 Å². The molecule has 2 heterocycles. The summed E-state index contributed by atoms with van der Waals surface area (Å²) in [4.78, 5) is 13.0. The lowest BCUT2D eigenvalue weighted by molar-refractivity contribution is -0.126. The van der Waals surface area contributed by atoms with Gasteiger partial charge in [-0.2, -0.15) is 0 Å². The van der Waals surface area contributed by atoms with Crippen molar-refractivity contribution in [2.75, 3.05) is 19.6 Å². The molecular formula is C12H19ClN2OS. The van der Waals surface area contributed by atoms with Gasteiger partial charge in [-0.25, -0.2) is 0 Å². The molecule has 3 nitrogen and oxygen atoms in total. The van der Waals surface area contributed by atoms with Crippen molar-refractivity contribution in [1.29, 1.82) is 0 Å². The standard InChI is InChI=1S/C12H18N2OS.ClH/c1-12(2,10-4-3-5-16-10)8-14-11(15)9-6-13-7-9;/h3-5,9,13H,6-8H2,1-2H3,(H,14,15);1H. The van der Waals surface area contributed by atoms with Crippen molar-refractivity contribution in [3.63, 3.8) is 0 Å². The summed E-state index contributed by atoms with van der Waals surface area (Å²) in [5.74, 6) is 0.363. The van der Waals surface area contributed by atoms with E-state index in [4.69, 9.17) is 0 Å². The first kappa shape index (κ1) is 14.5. The molecule has 1 saturated heterocycles. The molecule has 96 valence electrons. The third kappa shape index (κ3) is 3.44. The maximum absolute atomic E-state index is 11.7. The van der Waals surface area contributed by atoms with Crippen molar-refractivity contribution in [3.8, 4) is 0 Å². The predicted octanol–water partition coefficient (Wildman–Crippen LogP) is 1.78. The fourth-order valence-electron chi connectivity index (χ4n) is 1.68. The van der Waals surface area contributed by atoms with Gasteiger partial charge in [-0.1, -0.05) is 19.9 Å². The van der Waals surface area contributed by atoms with Crippen LogP contribution in [0.2, 0.25) is 0 Å². The highest BCUT2D eigenvalue weighted by Crippen LogP contribution is 2.26. The van der Waals surface area contributed by atoms with Gasteiger partial charge >= 0.3 is 0 Å². The second-order valence-corrected chi connectivity index (χ2v) is 5.88. The van der Waals surface area contributed by atoms with Gasteiger partial charge < -0.3 is 10.6 Å². The normalized spacial score (nSPS) is 15.9. The second-order valence-electron chi connectivity index (χ2n) is 4.93. The van der Waals surface area contributed by atoms with Crippen molar-refractivity contribution in [2.24, 2.45) is 5.92 Å². The first-order chi connectivity index (χ1) is 7.59. The molecule has 5 heteroatoms. The Morgan fingerprint density at radius 2 is 2.29 bits per heavy atom. The maximum atomic E-state index is 11.7. The molecule has 0 aliphatic carbocycles. The predicted molar refractivity (Wildman–Crippen MR) is 74.0 cm³/mol. The third-order valence-electron chi connectivity index (χ3n) is 3.05. The SMILES string of the molecule is CC(C)(CNC(=O)C1CNC1)c1cccs1.Cl. The molecule has 1 aliphatic heterocycles. The Morgan fingerprint density at radius 3 is 2.76 bits per heavy atom. The highest BCUT2D eigenvalue weighted by atomic mass is 35.5. The summed E-state index contributed by atoms with van der Waals surface area (Å²) in [5.41, 5.74) is 0.0288.